The molecule has 5 aromatic heterocycles. The fraction of sp³-hybridized carbons (Fsp3) is 0. The molecule has 0 saturated heterocycles. The van der Waals surface area contributed by atoms with Crippen LogP contribution in [0, 0.1) is 0 Å². The van der Waals surface area contributed by atoms with E-state index in [1.807, 2.05) is 60.7 Å². The summed E-state index contributed by atoms with van der Waals surface area (Å²) in [6, 6.07) is 19.0. The molecular weight excluding hydrogens is 509 g/mol. The maximum atomic E-state index is 6.05. The van der Waals surface area contributed by atoms with Crippen molar-refractivity contribution < 1.29 is 8.83 Å². The molecule has 0 aliphatic rings. The molecule has 5 heterocycles. The van der Waals surface area contributed by atoms with Crippen LogP contribution in [-0.4, -0.2) is 24.9 Å². The number of benzene rings is 2. The first-order chi connectivity index (χ1) is 17.1. The van der Waals surface area contributed by atoms with Gasteiger partial charge in [-0.25, -0.2) is 19.9 Å². The molecule has 7 nitrogen and oxygen atoms in total. The first-order valence-corrected chi connectivity index (χ1v) is 11.5. The van der Waals surface area contributed by atoms with Crippen LogP contribution in [0.15, 0.2) is 81.9 Å². The van der Waals surface area contributed by atoms with E-state index in [0.29, 0.717) is 22.4 Å². The molecule has 7 aromatic rings. The van der Waals surface area contributed by atoms with Gasteiger partial charge < -0.3 is 8.83 Å². The van der Waals surface area contributed by atoms with E-state index >= 15 is 0 Å². The quantitative estimate of drug-likeness (QED) is 0.161. The van der Waals surface area contributed by atoms with Crippen LogP contribution in [-0.2, 0) is 0 Å². The van der Waals surface area contributed by atoms with Gasteiger partial charge in [0.15, 0.2) is 16.3 Å². The largest absolute Gasteiger partial charge is 0.452 e. The summed E-state index contributed by atoms with van der Waals surface area (Å²) < 4.78 is 11.4. The van der Waals surface area contributed by atoms with Crippen molar-refractivity contribution in [3.05, 3.63) is 88.8 Å². The van der Waals surface area contributed by atoms with Gasteiger partial charge in [-0.1, -0.05) is 35.9 Å². The Morgan fingerprint density at radius 1 is 0.600 bits per heavy atom. The molecule has 2 aromatic carbocycles. The number of fused-ring (bicyclic) bond motifs is 6. The van der Waals surface area contributed by atoms with Gasteiger partial charge in [-0.2, -0.15) is 0 Å². The lowest BCUT2D eigenvalue weighted by Crippen LogP contribution is -1.89. The van der Waals surface area contributed by atoms with Gasteiger partial charge in [0.05, 0.1) is 0 Å². The first-order valence-electron chi connectivity index (χ1n) is 10.3. The summed E-state index contributed by atoms with van der Waals surface area (Å²) in [6.07, 6.45) is 3.44. The van der Waals surface area contributed by atoms with Crippen molar-refractivity contribution in [3.8, 4) is 11.3 Å². The lowest BCUT2D eigenvalue weighted by Gasteiger charge is -2.01. The summed E-state index contributed by atoms with van der Waals surface area (Å²) in [5.41, 5.74) is 5.47. The molecule has 0 amide bonds. The minimum Gasteiger partial charge on any atom is -0.452 e. The molecule has 7 rings (SSSR count). The van der Waals surface area contributed by atoms with Crippen LogP contribution in [0.3, 0.4) is 0 Å². The fourth-order valence-corrected chi connectivity index (χ4v) is 4.38. The lowest BCUT2D eigenvalue weighted by atomic mass is 10.1. The topological polar surface area (TPSA) is 90.7 Å². The Kier molecular flexibility index (Phi) is 5.45. The van der Waals surface area contributed by atoms with Crippen LogP contribution in [0.5, 0.6) is 0 Å². The maximum Gasteiger partial charge on any atom is 0.224 e. The minimum absolute atomic E-state index is 0.124. The van der Waals surface area contributed by atoms with E-state index in [-0.39, 0.29) is 15.7 Å². The van der Waals surface area contributed by atoms with Crippen LogP contribution in [0.25, 0.3) is 55.4 Å². The molecule has 0 N–H and O–H groups in total. The number of aromatic nitrogens is 5. The Labute approximate surface area is 212 Å². The highest BCUT2D eigenvalue weighted by Gasteiger charge is 2.16. The monoisotopic (exact) mass is 519 g/mol. The Bertz CT molecular complexity index is 1850. The predicted octanol–water partition coefficient (Wildman–Crippen LogP) is 7.77. The van der Waals surface area contributed by atoms with Gasteiger partial charge in [0, 0.05) is 28.7 Å². The number of hydrogen-bond acceptors (Lipinski definition) is 7. The molecule has 35 heavy (non-hydrogen) atoms. The lowest BCUT2D eigenvalue weighted by molar-refractivity contribution is 0.666. The molecule has 0 unspecified atom stereocenters. The second-order valence-electron chi connectivity index (χ2n) is 7.42. The fourth-order valence-electron chi connectivity index (χ4n) is 3.79. The third-order valence-electron chi connectivity index (χ3n) is 5.28. The van der Waals surface area contributed by atoms with Gasteiger partial charge in [-0.3, -0.25) is 4.98 Å². The van der Waals surface area contributed by atoms with E-state index in [9.17, 15) is 0 Å². The number of para-hydroxylation sites is 2. The number of nitrogens with zero attached hydrogens (tertiary/aromatic N) is 5. The van der Waals surface area contributed by atoms with Crippen molar-refractivity contribution in [1.29, 1.82) is 0 Å². The second-order valence-corrected chi connectivity index (χ2v) is 8.45. The van der Waals surface area contributed by atoms with Crippen molar-refractivity contribution in [3.63, 3.8) is 0 Å². The van der Waals surface area contributed by atoms with Crippen molar-refractivity contribution in [2.75, 3.05) is 0 Å². The van der Waals surface area contributed by atoms with Crippen molar-refractivity contribution in [2.45, 2.75) is 0 Å². The SMILES string of the molecule is Clc1nc(-c2cccnc2)c2oc3ccccc3c2n1.Clc1nc(Cl)c2oc3ccccc3c2n1. The number of hydrogen-bond donors (Lipinski definition) is 0. The molecule has 0 aliphatic carbocycles. The van der Waals surface area contributed by atoms with Gasteiger partial charge >= 0.3 is 0 Å². The molecule has 10 heteroatoms. The number of halogens is 3. The van der Waals surface area contributed by atoms with E-state index in [2.05, 4.69) is 24.9 Å². The van der Waals surface area contributed by atoms with Crippen molar-refractivity contribution >= 4 is 78.9 Å². The standard InChI is InChI=1S/C15H8ClN3O.C10H4Cl2N2O/c16-15-18-12(9-4-3-7-17-8-9)14-13(19-15)10-5-1-2-6-11(10)20-14;11-9-8-7(13-10(12)14-9)5-3-1-2-4-6(5)15-8/h1-8H;1-4H. The summed E-state index contributed by atoms with van der Waals surface area (Å²) >= 11 is 17.7. The average Bonchev–Trinajstić information content (AvgIpc) is 3.43. The third kappa shape index (κ3) is 3.93. The molecule has 0 aliphatic heterocycles. The highest BCUT2D eigenvalue weighted by Crippen LogP contribution is 2.34. The molecular formula is C25H12Cl3N5O2. The third-order valence-corrected chi connectivity index (χ3v) is 5.87. The molecule has 0 bridgehead atoms. The predicted molar refractivity (Wildman–Crippen MR) is 137 cm³/mol. The Balaban J connectivity index is 0.000000136. The number of rotatable bonds is 1. The van der Waals surface area contributed by atoms with Crippen molar-refractivity contribution in [2.24, 2.45) is 0 Å². The summed E-state index contributed by atoms with van der Waals surface area (Å²) in [5.74, 6) is 0. The van der Waals surface area contributed by atoms with Gasteiger partial charge in [-0.05, 0) is 59.6 Å². The summed E-state index contributed by atoms with van der Waals surface area (Å²) in [6.45, 7) is 0. The van der Waals surface area contributed by atoms with E-state index in [4.69, 9.17) is 43.6 Å². The Hall–Kier alpha value is -3.78. The minimum atomic E-state index is 0.124. The molecule has 0 radical (unpaired) electrons. The van der Waals surface area contributed by atoms with Crippen LogP contribution in [0.4, 0.5) is 0 Å². The normalized spacial score (nSPS) is 11.3. The van der Waals surface area contributed by atoms with Crippen LogP contribution in [0.1, 0.15) is 0 Å². The van der Waals surface area contributed by atoms with Crippen LogP contribution >= 0.6 is 34.8 Å². The zero-order valence-corrected chi connectivity index (χ0v) is 19.9. The van der Waals surface area contributed by atoms with E-state index in [1.54, 1.807) is 12.4 Å². The van der Waals surface area contributed by atoms with E-state index in [1.165, 1.54) is 0 Å². The van der Waals surface area contributed by atoms with E-state index < -0.39 is 0 Å². The molecule has 0 spiro atoms. The van der Waals surface area contributed by atoms with Gasteiger partial charge in [0.25, 0.3) is 0 Å². The summed E-state index contributed by atoms with van der Waals surface area (Å²) in [5, 5.41) is 2.37. The first kappa shape index (κ1) is 21.7. The maximum absolute atomic E-state index is 6.05. The highest BCUT2D eigenvalue weighted by atomic mass is 35.5. The molecule has 0 fully saturated rings. The molecule has 0 atom stereocenters. The smallest absolute Gasteiger partial charge is 0.224 e. The number of furan rings is 2. The Morgan fingerprint density at radius 2 is 1.20 bits per heavy atom. The average molecular weight is 521 g/mol. The molecule has 170 valence electrons. The van der Waals surface area contributed by atoms with Crippen molar-refractivity contribution in [1.82, 2.24) is 24.9 Å². The second kappa shape index (κ2) is 8.78. The van der Waals surface area contributed by atoms with Crippen LogP contribution in [0.2, 0.25) is 15.7 Å². The van der Waals surface area contributed by atoms with Gasteiger partial charge in [0.1, 0.15) is 27.9 Å². The van der Waals surface area contributed by atoms with Gasteiger partial charge in [-0.15, -0.1) is 0 Å². The van der Waals surface area contributed by atoms with Crippen LogP contribution < -0.4 is 0 Å². The zero-order chi connectivity index (χ0) is 23.9. The Morgan fingerprint density at radius 3 is 1.86 bits per heavy atom. The summed E-state index contributed by atoms with van der Waals surface area (Å²) in [7, 11) is 0. The number of pyridine rings is 1. The highest BCUT2D eigenvalue weighted by molar-refractivity contribution is 6.36. The molecule has 0 saturated carbocycles. The van der Waals surface area contributed by atoms with E-state index in [0.717, 1.165) is 33.0 Å². The van der Waals surface area contributed by atoms with Gasteiger partial charge in [0.2, 0.25) is 10.6 Å². The summed E-state index contributed by atoms with van der Waals surface area (Å²) in [4.78, 5) is 20.6. The zero-order valence-electron chi connectivity index (χ0n) is 17.6.